The first kappa shape index (κ1) is 21.6. The third-order valence-corrected chi connectivity index (χ3v) is 6.09. The molecule has 0 saturated heterocycles. The Kier molecular flexibility index (Phi) is 5.48. The van der Waals surface area contributed by atoms with E-state index in [1.54, 1.807) is 4.68 Å². The molecule has 1 atom stereocenters. The molecule has 5 rings (SSSR count). The van der Waals surface area contributed by atoms with Crippen LogP contribution >= 0.6 is 11.6 Å². The number of aromatic amines is 1. The number of aryl methyl sites for hydroxylation is 1. The summed E-state index contributed by atoms with van der Waals surface area (Å²) in [5.41, 5.74) is 10.8. The van der Waals surface area contributed by atoms with E-state index in [4.69, 9.17) is 26.8 Å². The summed E-state index contributed by atoms with van der Waals surface area (Å²) in [6.45, 7) is 4.37. The predicted octanol–water partition coefficient (Wildman–Crippen LogP) is 4.84. The molecule has 0 spiro atoms. The number of fused-ring (bicyclic) bond motifs is 1. The zero-order valence-electron chi connectivity index (χ0n) is 18.5. The molecule has 0 unspecified atom stereocenters. The van der Waals surface area contributed by atoms with E-state index in [0.29, 0.717) is 40.2 Å². The van der Waals surface area contributed by atoms with Crippen LogP contribution in [0.25, 0.3) is 16.9 Å². The van der Waals surface area contributed by atoms with Gasteiger partial charge in [0.05, 0.1) is 35.2 Å². The average molecular weight is 473 g/mol. The first-order valence-corrected chi connectivity index (χ1v) is 11.1. The van der Waals surface area contributed by atoms with Gasteiger partial charge in [0, 0.05) is 11.1 Å². The molecule has 2 aromatic heterocycles. The van der Waals surface area contributed by atoms with Gasteiger partial charge in [0.1, 0.15) is 22.5 Å². The molecule has 4 aromatic rings. The number of allylic oxidation sites excluding steroid dienone is 1. The molecular weight excluding hydrogens is 452 g/mol. The molecule has 1 aliphatic heterocycles. The third kappa shape index (κ3) is 3.47. The highest BCUT2D eigenvalue weighted by Crippen LogP contribution is 2.48. The van der Waals surface area contributed by atoms with Gasteiger partial charge < -0.3 is 15.2 Å². The number of halogens is 1. The number of aromatic nitrogens is 4. The molecule has 9 heteroatoms. The summed E-state index contributed by atoms with van der Waals surface area (Å²) in [7, 11) is 0. The minimum atomic E-state index is -0.612. The van der Waals surface area contributed by atoms with Crippen LogP contribution in [-0.4, -0.2) is 26.6 Å². The molecule has 170 valence electrons. The average Bonchev–Trinajstić information content (AvgIpc) is 3.39. The lowest BCUT2D eigenvalue weighted by atomic mass is 9.83. The summed E-state index contributed by atoms with van der Waals surface area (Å²) in [6, 6.07) is 19.4. The van der Waals surface area contributed by atoms with Gasteiger partial charge in [-0.1, -0.05) is 29.8 Å². The van der Waals surface area contributed by atoms with Crippen molar-refractivity contribution in [2.45, 2.75) is 19.8 Å². The second kappa shape index (κ2) is 8.61. The van der Waals surface area contributed by atoms with Crippen molar-refractivity contribution >= 4 is 11.6 Å². The minimum absolute atomic E-state index is 0.00679. The molecule has 0 bridgehead atoms. The molecule has 2 aromatic carbocycles. The van der Waals surface area contributed by atoms with Crippen LogP contribution in [0.1, 0.15) is 29.7 Å². The molecule has 1 aliphatic rings. The first-order chi connectivity index (χ1) is 16.5. The van der Waals surface area contributed by atoms with Gasteiger partial charge >= 0.3 is 0 Å². The highest BCUT2D eigenvalue weighted by atomic mass is 35.5. The smallest absolute Gasteiger partial charge is 0.244 e. The zero-order valence-corrected chi connectivity index (χ0v) is 19.3. The lowest BCUT2D eigenvalue weighted by Crippen LogP contribution is -2.21. The Morgan fingerprint density at radius 3 is 2.59 bits per heavy atom. The first-order valence-electron chi connectivity index (χ1n) is 10.7. The topological polar surface area (TPSA) is 115 Å². The Morgan fingerprint density at radius 2 is 1.91 bits per heavy atom. The zero-order chi connectivity index (χ0) is 23.8. The van der Waals surface area contributed by atoms with Crippen LogP contribution in [-0.2, 0) is 0 Å². The number of H-pyrrole nitrogens is 1. The fourth-order valence-corrected chi connectivity index (χ4v) is 4.60. The van der Waals surface area contributed by atoms with Gasteiger partial charge in [-0.25, -0.2) is 4.68 Å². The van der Waals surface area contributed by atoms with Crippen molar-refractivity contribution in [2.75, 3.05) is 6.61 Å². The molecule has 0 aliphatic carbocycles. The van der Waals surface area contributed by atoms with Crippen LogP contribution in [0.4, 0.5) is 0 Å². The fourth-order valence-electron chi connectivity index (χ4n) is 4.22. The Morgan fingerprint density at radius 1 is 1.18 bits per heavy atom. The van der Waals surface area contributed by atoms with Crippen molar-refractivity contribution in [1.29, 1.82) is 5.26 Å². The van der Waals surface area contributed by atoms with Gasteiger partial charge in [0.2, 0.25) is 11.8 Å². The maximum Gasteiger partial charge on any atom is 0.244 e. The summed E-state index contributed by atoms with van der Waals surface area (Å²) >= 11 is 6.89. The van der Waals surface area contributed by atoms with Crippen LogP contribution in [0.15, 0.2) is 66.1 Å². The summed E-state index contributed by atoms with van der Waals surface area (Å²) in [4.78, 5) is 0. The quantitative estimate of drug-likeness (QED) is 0.429. The van der Waals surface area contributed by atoms with Gasteiger partial charge in [0.15, 0.2) is 0 Å². The monoisotopic (exact) mass is 472 g/mol. The van der Waals surface area contributed by atoms with Crippen molar-refractivity contribution in [1.82, 2.24) is 20.0 Å². The molecular formula is C25H21ClN6O2. The number of nitrogens with zero attached hydrogens (tertiary/aromatic N) is 4. The number of rotatable bonds is 5. The van der Waals surface area contributed by atoms with Gasteiger partial charge in [-0.3, -0.25) is 5.10 Å². The minimum Gasteiger partial charge on any atom is -0.494 e. The van der Waals surface area contributed by atoms with Crippen molar-refractivity contribution in [2.24, 2.45) is 5.73 Å². The Bertz CT molecular complexity index is 1430. The summed E-state index contributed by atoms with van der Waals surface area (Å²) in [6.07, 6.45) is 0. The maximum atomic E-state index is 10.0. The van der Waals surface area contributed by atoms with Crippen LogP contribution in [0, 0.1) is 18.3 Å². The number of hydrogen-bond donors (Lipinski definition) is 2. The molecule has 0 radical (unpaired) electrons. The molecule has 8 nitrogen and oxygen atoms in total. The number of nitrogens with two attached hydrogens (primary N) is 1. The summed E-state index contributed by atoms with van der Waals surface area (Å²) in [5, 5.41) is 22.5. The number of hydrogen-bond acceptors (Lipinski definition) is 6. The highest BCUT2D eigenvalue weighted by Gasteiger charge is 2.39. The van der Waals surface area contributed by atoms with E-state index in [1.165, 1.54) is 0 Å². The van der Waals surface area contributed by atoms with Crippen LogP contribution in [0.3, 0.4) is 0 Å². The molecule has 34 heavy (non-hydrogen) atoms. The Hall–Kier alpha value is -4.22. The van der Waals surface area contributed by atoms with E-state index < -0.39 is 5.92 Å². The number of nitrogens with one attached hydrogen (secondary N) is 1. The molecule has 3 heterocycles. The van der Waals surface area contributed by atoms with E-state index in [9.17, 15) is 5.26 Å². The van der Waals surface area contributed by atoms with Crippen LogP contribution < -0.4 is 15.2 Å². The summed E-state index contributed by atoms with van der Waals surface area (Å²) in [5.74, 6) is 0.442. The number of benzene rings is 2. The lowest BCUT2D eigenvalue weighted by Gasteiger charge is -2.24. The van der Waals surface area contributed by atoms with Crippen molar-refractivity contribution < 1.29 is 9.47 Å². The van der Waals surface area contributed by atoms with Gasteiger partial charge in [-0.2, -0.15) is 10.4 Å². The van der Waals surface area contributed by atoms with E-state index >= 15 is 0 Å². The summed E-state index contributed by atoms with van der Waals surface area (Å²) < 4.78 is 12.9. The fraction of sp³-hybridized carbons (Fsp3) is 0.160. The highest BCUT2D eigenvalue weighted by molar-refractivity contribution is 6.30. The predicted molar refractivity (Wildman–Crippen MR) is 128 cm³/mol. The second-order valence-electron chi connectivity index (χ2n) is 7.74. The van der Waals surface area contributed by atoms with Gasteiger partial charge in [-0.15, -0.1) is 5.10 Å². The van der Waals surface area contributed by atoms with Crippen molar-refractivity contribution in [3.63, 3.8) is 0 Å². The van der Waals surface area contributed by atoms with Crippen LogP contribution in [0.2, 0.25) is 5.15 Å². The van der Waals surface area contributed by atoms with Crippen molar-refractivity contribution in [3.05, 3.63) is 88.0 Å². The third-order valence-electron chi connectivity index (χ3n) is 5.73. The Labute approximate surface area is 201 Å². The van der Waals surface area contributed by atoms with Gasteiger partial charge in [-0.05, 0) is 50.2 Å². The number of para-hydroxylation sites is 1. The molecule has 0 saturated carbocycles. The maximum absolute atomic E-state index is 10.0. The number of nitriles is 1. The van der Waals surface area contributed by atoms with Gasteiger partial charge in [0.25, 0.3) is 0 Å². The standard InChI is InChI=1S/C25H21ClN6O2/c1-3-33-17-11-9-15(10-12-17)22-21-20(18(13-27)24(28)34-25(21)30-29-22)19-14(2)31-32(23(19)26)16-7-5-4-6-8-16/h4-12,20H,3,28H2,1-2H3,(H,29,30)/t20-/m1/s1. The van der Waals surface area contributed by atoms with E-state index in [2.05, 4.69) is 21.4 Å². The molecule has 3 N–H and O–H groups in total. The second-order valence-corrected chi connectivity index (χ2v) is 8.09. The van der Waals surface area contributed by atoms with E-state index in [-0.39, 0.29) is 11.5 Å². The van der Waals surface area contributed by atoms with E-state index in [0.717, 1.165) is 17.0 Å². The number of ether oxygens (including phenoxy) is 2. The van der Waals surface area contributed by atoms with Crippen LogP contribution in [0.5, 0.6) is 11.6 Å². The SMILES string of the molecule is CCOc1ccc(-c2[nH]nc3c2[C@@H](c2c(C)nn(-c4ccccc4)c2Cl)C(C#N)=C(N)O3)cc1. The van der Waals surface area contributed by atoms with E-state index in [1.807, 2.05) is 68.4 Å². The van der Waals surface area contributed by atoms with Crippen molar-refractivity contribution in [3.8, 4) is 34.6 Å². The Balaban J connectivity index is 1.70. The molecule has 0 fully saturated rings. The largest absolute Gasteiger partial charge is 0.494 e. The normalized spacial score (nSPS) is 14.9. The molecule has 0 amide bonds. The lowest BCUT2D eigenvalue weighted by molar-refractivity contribution is 0.340.